The summed E-state index contributed by atoms with van der Waals surface area (Å²) in [6.07, 6.45) is 2.25. The molecule has 29 heavy (non-hydrogen) atoms. The topological polar surface area (TPSA) is 57.0 Å². The summed E-state index contributed by atoms with van der Waals surface area (Å²) in [4.78, 5) is 21.3. The first-order valence-corrected chi connectivity index (χ1v) is 10.3. The molecular formula is C22H24FN3O2S. The van der Waals surface area contributed by atoms with E-state index >= 15 is 0 Å². The molecule has 0 saturated carbocycles. The SMILES string of the molecule is CC(=O)OCCc1nc(C(C)C)c(Sc2cccc(F)c2)n1Cc1ccccn1. The van der Waals surface area contributed by atoms with Crippen LogP contribution in [0.3, 0.4) is 0 Å². The van der Waals surface area contributed by atoms with E-state index < -0.39 is 0 Å². The molecule has 0 spiro atoms. The standard InChI is InChI=1S/C22H24FN3O2S/c1-15(2)21-22(29-19-9-6-7-17(23)13-19)26(14-18-8-4-5-11-24-18)20(25-21)10-12-28-16(3)27/h4-9,11,13,15H,10,12,14H2,1-3H3. The second-order valence-corrected chi connectivity index (χ2v) is 7.99. The van der Waals surface area contributed by atoms with E-state index in [2.05, 4.69) is 23.4 Å². The van der Waals surface area contributed by atoms with Crippen molar-refractivity contribution in [3.63, 3.8) is 0 Å². The Morgan fingerprint density at radius 3 is 2.72 bits per heavy atom. The van der Waals surface area contributed by atoms with Crippen LogP contribution in [0.25, 0.3) is 0 Å². The van der Waals surface area contributed by atoms with Crippen LogP contribution in [0.4, 0.5) is 4.39 Å². The van der Waals surface area contributed by atoms with Crippen molar-refractivity contribution in [2.24, 2.45) is 0 Å². The maximum absolute atomic E-state index is 13.7. The fourth-order valence-corrected chi connectivity index (χ4v) is 4.13. The Morgan fingerprint density at radius 2 is 2.07 bits per heavy atom. The molecule has 2 aromatic heterocycles. The third-order valence-electron chi connectivity index (χ3n) is 4.26. The number of carbonyl (C=O) groups excluding carboxylic acids is 1. The molecule has 0 aliphatic rings. The van der Waals surface area contributed by atoms with Gasteiger partial charge < -0.3 is 9.30 Å². The van der Waals surface area contributed by atoms with Crippen LogP contribution >= 0.6 is 11.8 Å². The molecule has 1 aromatic carbocycles. The number of halogens is 1. The van der Waals surface area contributed by atoms with E-state index in [1.807, 2.05) is 24.3 Å². The molecule has 0 unspecified atom stereocenters. The van der Waals surface area contributed by atoms with E-state index in [4.69, 9.17) is 9.72 Å². The number of esters is 1. The molecule has 0 saturated heterocycles. The maximum atomic E-state index is 13.7. The zero-order chi connectivity index (χ0) is 20.8. The number of hydrogen-bond donors (Lipinski definition) is 0. The van der Waals surface area contributed by atoms with Gasteiger partial charge in [0.1, 0.15) is 16.7 Å². The fourth-order valence-electron chi connectivity index (χ4n) is 2.92. The minimum Gasteiger partial charge on any atom is -0.465 e. The Kier molecular flexibility index (Phi) is 7.04. The number of pyridine rings is 1. The second kappa shape index (κ2) is 9.69. The van der Waals surface area contributed by atoms with Crippen LogP contribution < -0.4 is 0 Å². The summed E-state index contributed by atoms with van der Waals surface area (Å²) >= 11 is 1.49. The van der Waals surface area contributed by atoms with Crippen molar-refractivity contribution in [3.8, 4) is 0 Å². The highest BCUT2D eigenvalue weighted by Crippen LogP contribution is 2.35. The van der Waals surface area contributed by atoms with Gasteiger partial charge >= 0.3 is 5.97 Å². The molecule has 3 aromatic rings. The largest absolute Gasteiger partial charge is 0.465 e. The second-order valence-electron chi connectivity index (χ2n) is 6.93. The molecule has 0 amide bonds. The number of carbonyl (C=O) groups is 1. The molecular weight excluding hydrogens is 389 g/mol. The van der Waals surface area contributed by atoms with Gasteiger partial charge in [-0.2, -0.15) is 0 Å². The molecule has 152 valence electrons. The van der Waals surface area contributed by atoms with Crippen LogP contribution in [-0.2, 0) is 22.5 Å². The number of aromatic nitrogens is 3. The summed E-state index contributed by atoms with van der Waals surface area (Å²) < 4.78 is 21.0. The summed E-state index contributed by atoms with van der Waals surface area (Å²) in [5.74, 6) is 0.418. The Hall–Kier alpha value is -2.67. The van der Waals surface area contributed by atoms with E-state index in [1.165, 1.54) is 30.8 Å². The van der Waals surface area contributed by atoms with Gasteiger partial charge in [0, 0.05) is 24.4 Å². The molecule has 2 heterocycles. The summed E-state index contributed by atoms with van der Waals surface area (Å²) in [7, 11) is 0. The van der Waals surface area contributed by atoms with E-state index in [9.17, 15) is 9.18 Å². The van der Waals surface area contributed by atoms with Crippen molar-refractivity contribution in [1.29, 1.82) is 0 Å². The minimum absolute atomic E-state index is 0.184. The average molecular weight is 414 g/mol. The first-order chi connectivity index (χ1) is 13.9. The van der Waals surface area contributed by atoms with Crippen molar-refractivity contribution < 1.29 is 13.9 Å². The normalized spacial score (nSPS) is 11.1. The third-order valence-corrected chi connectivity index (χ3v) is 5.37. The van der Waals surface area contributed by atoms with E-state index in [0.29, 0.717) is 13.0 Å². The minimum atomic E-state index is -0.314. The van der Waals surface area contributed by atoms with Gasteiger partial charge in [0.2, 0.25) is 0 Å². The van der Waals surface area contributed by atoms with Gasteiger partial charge in [-0.05, 0) is 36.2 Å². The Labute approximate surface area is 174 Å². The number of nitrogens with zero attached hydrogens (tertiary/aromatic N) is 3. The van der Waals surface area contributed by atoms with Crippen LogP contribution in [-0.4, -0.2) is 27.1 Å². The third kappa shape index (κ3) is 5.67. The zero-order valence-corrected chi connectivity index (χ0v) is 17.6. The van der Waals surface area contributed by atoms with Gasteiger partial charge in [-0.15, -0.1) is 0 Å². The zero-order valence-electron chi connectivity index (χ0n) is 16.8. The fraction of sp³-hybridized carbons (Fsp3) is 0.318. The Bertz CT molecular complexity index is 973. The molecule has 0 aliphatic heterocycles. The number of imidazole rings is 1. The highest BCUT2D eigenvalue weighted by Gasteiger charge is 2.21. The molecule has 0 aliphatic carbocycles. The van der Waals surface area contributed by atoms with Crippen molar-refractivity contribution in [1.82, 2.24) is 14.5 Å². The molecule has 5 nitrogen and oxygen atoms in total. The highest BCUT2D eigenvalue weighted by atomic mass is 32.2. The molecule has 0 fully saturated rings. The van der Waals surface area contributed by atoms with Crippen molar-refractivity contribution in [2.45, 2.75) is 49.6 Å². The van der Waals surface area contributed by atoms with Gasteiger partial charge in [-0.3, -0.25) is 9.78 Å². The van der Waals surface area contributed by atoms with Crippen LogP contribution in [0, 0.1) is 5.82 Å². The first kappa shape index (κ1) is 21.0. The summed E-state index contributed by atoms with van der Waals surface area (Å²) in [6.45, 7) is 6.35. The lowest BCUT2D eigenvalue weighted by molar-refractivity contribution is -0.140. The predicted molar refractivity (Wildman–Crippen MR) is 111 cm³/mol. The van der Waals surface area contributed by atoms with Gasteiger partial charge in [0.05, 0.1) is 24.5 Å². The van der Waals surface area contributed by atoms with Crippen LogP contribution in [0.5, 0.6) is 0 Å². The van der Waals surface area contributed by atoms with Gasteiger partial charge in [0.25, 0.3) is 0 Å². The summed E-state index contributed by atoms with van der Waals surface area (Å²) in [6, 6.07) is 12.3. The van der Waals surface area contributed by atoms with Gasteiger partial charge in [0.15, 0.2) is 0 Å². The van der Waals surface area contributed by atoms with Crippen LogP contribution in [0.2, 0.25) is 0 Å². The van der Waals surface area contributed by atoms with Crippen LogP contribution in [0.15, 0.2) is 58.6 Å². The lowest BCUT2D eigenvalue weighted by atomic mass is 10.1. The molecule has 0 N–H and O–H groups in total. The van der Waals surface area contributed by atoms with Crippen molar-refractivity contribution >= 4 is 17.7 Å². The molecule has 0 atom stereocenters. The average Bonchev–Trinajstić information content (AvgIpc) is 3.00. The predicted octanol–water partition coefficient (Wildman–Crippen LogP) is 4.85. The van der Waals surface area contributed by atoms with Gasteiger partial charge in [-0.25, -0.2) is 9.37 Å². The summed E-state index contributed by atoms with van der Waals surface area (Å²) in [5, 5.41) is 0.953. The Balaban J connectivity index is 2.01. The first-order valence-electron chi connectivity index (χ1n) is 9.50. The number of ether oxygens (including phenoxy) is 1. The quantitative estimate of drug-likeness (QED) is 0.494. The van der Waals surface area contributed by atoms with E-state index in [1.54, 1.807) is 12.3 Å². The van der Waals surface area contributed by atoms with Crippen LogP contribution in [0.1, 0.15) is 43.9 Å². The van der Waals surface area contributed by atoms with E-state index in [0.717, 1.165) is 27.1 Å². The smallest absolute Gasteiger partial charge is 0.302 e. The molecule has 7 heteroatoms. The lowest BCUT2D eigenvalue weighted by Gasteiger charge is -2.13. The van der Waals surface area contributed by atoms with Gasteiger partial charge in [-0.1, -0.05) is 37.7 Å². The van der Waals surface area contributed by atoms with E-state index in [-0.39, 0.29) is 24.3 Å². The highest BCUT2D eigenvalue weighted by molar-refractivity contribution is 7.99. The maximum Gasteiger partial charge on any atom is 0.302 e. The number of rotatable bonds is 8. The van der Waals surface area contributed by atoms with Crippen molar-refractivity contribution in [2.75, 3.05) is 6.61 Å². The number of benzene rings is 1. The number of hydrogen-bond acceptors (Lipinski definition) is 5. The van der Waals surface area contributed by atoms with Crippen molar-refractivity contribution in [3.05, 3.63) is 71.7 Å². The molecule has 3 rings (SSSR count). The monoisotopic (exact) mass is 413 g/mol. The molecule has 0 bridgehead atoms. The Morgan fingerprint density at radius 1 is 1.24 bits per heavy atom. The lowest BCUT2D eigenvalue weighted by Crippen LogP contribution is -2.11. The summed E-state index contributed by atoms with van der Waals surface area (Å²) in [5.41, 5.74) is 1.84. The molecule has 0 radical (unpaired) electrons.